The third-order valence-corrected chi connectivity index (χ3v) is 3.36. The molecule has 1 aliphatic rings. The molecule has 3 rings (SSSR count). The lowest BCUT2D eigenvalue weighted by atomic mass is 10.1. The Bertz CT molecular complexity index is 483. The Morgan fingerprint density at radius 2 is 2.29 bits per heavy atom. The van der Waals surface area contributed by atoms with Gasteiger partial charge in [-0.3, -0.25) is 4.40 Å². The summed E-state index contributed by atoms with van der Waals surface area (Å²) in [7, 11) is 0. The number of pyridine rings is 1. The van der Waals surface area contributed by atoms with E-state index in [4.69, 9.17) is 0 Å². The van der Waals surface area contributed by atoms with Crippen molar-refractivity contribution in [3.8, 4) is 0 Å². The molecule has 2 aromatic rings. The number of hydrogen-bond donors (Lipinski definition) is 2. The van der Waals surface area contributed by atoms with Crippen LogP contribution in [0.2, 0.25) is 0 Å². The van der Waals surface area contributed by atoms with Gasteiger partial charge in [-0.2, -0.15) is 0 Å². The van der Waals surface area contributed by atoms with E-state index in [1.54, 1.807) is 0 Å². The van der Waals surface area contributed by atoms with Gasteiger partial charge in [0.2, 0.25) is 0 Å². The maximum atomic E-state index is 4.30. The molecule has 90 valence electrons. The van der Waals surface area contributed by atoms with Crippen LogP contribution in [-0.4, -0.2) is 28.5 Å². The van der Waals surface area contributed by atoms with Gasteiger partial charge in [0.25, 0.3) is 0 Å². The van der Waals surface area contributed by atoms with Crippen LogP contribution in [0, 0.1) is 0 Å². The Morgan fingerprint density at radius 1 is 1.29 bits per heavy atom. The van der Waals surface area contributed by atoms with E-state index in [0.717, 1.165) is 24.6 Å². The molecule has 1 aliphatic heterocycles. The molecule has 0 radical (unpaired) electrons. The lowest BCUT2D eigenvalue weighted by Gasteiger charge is -2.18. The zero-order valence-electron chi connectivity index (χ0n) is 9.89. The quantitative estimate of drug-likeness (QED) is 0.827. The van der Waals surface area contributed by atoms with Gasteiger partial charge < -0.3 is 10.6 Å². The van der Waals surface area contributed by atoms with Crippen LogP contribution < -0.4 is 10.6 Å². The number of nitrogens with zero attached hydrogens (tertiary/aromatic N) is 2. The Morgan fingerprint density at radius 3 is 3.29 bits per heavy atom. The molecule has 0 bridgehead atoms. The molecule has 0 saturated carbocycles. The molecule has 4 heteroatoms. The molecule has 17 heavy (non-hydrogen) atoms. The van der Waals surface area contributed by atoms with Crippen LogP contribution in [0.4, 0.5) is 5.82 Å². The maximum absolute atomic E-state index is 4.30. The molecule has 1 atom stereocenters. The van der Waals surface area contributed by atoms with Crippen LogP contribution in [0.5, 0.6) is 0 Å². The zero-order valence-corrected chi connectivity index (χ0v) is 9.89. The SMILES string of the molecule is c1cc(NC2CCCNCC2)n2ccnc2c1. The first-order valence-corrected chi connectivity index (χ1v) is 6.33. The number of fused-ring (bicyclic) bond motifs is 1. The van der Waals surface area contributed by atoms with Gasteiger partial charge in [-0.15, -0.1) is 0 Å². The standard InChI is InChI=1S/C13H18N4/c1-4-12-15-9-10-17(12)13(5-1)16-11-3-2-7-14-8-6-11/h1,4-5,9-11,14,16H,2-3,6-8H2. The molecule has 1 fully saturated rings. The second-order valence-corrected chi connectivity index (χ2v) is 4.59. The minimum absolute atomic E-state index is 0.568. The third-order valence-electron chi connectivity index (χ3n) is 3.36. The van der Waals surface area contributed by atoms with Crippen molar-refractivity contribution in [2.24, 2.45) is 0 Å². The Balaban J connectivity index is 1.81. The summed E-state index contributed by atoms with van der Waals surface area (Å²) >= 11 is 0. The number of aromatic nitrogens is 2. The molecule has 0 aromatic carbocycles. The minimum atomic E-state index is 0.568. The van der Waals surface area contributed by atoms with E-state index in [0.29, 0.717) is 6.04 Å². The van der Waals surface area contributed by atoms with Gasteiger partial charge in [-0.25, -0.2) is 4.98 Å². The smallest absolute Gasteiger partial charge is 0.138 e. The summed E-state index contributed by atoms with van der Waals surface area (Å²) in [4.78, 5) is 4.30. The van der Waals surface area contributed by atoms with Crippen molar-refractivity contribution in [2.75, 3.05) is 18.4 Å². The molecule has 1 unspecified atom stereocenters. The normalized spacial score (nSPS) is 21.3. The highest BCUT2D eigenvalue weighted by atomic mass is 15.1. The van der Waals surface area contributed by atoms with Crippen LogP contribution >= 0.6 is 0 Å². The summed E-state index contributed by atoms with van der Waals surface area (Å²) in [5, 5.41) is 7.07. The highest BCUT2D eigenvalue weighted by molar-refractivity contribution is 5.50. The summed E-state index contributed by atoms with van der Waals surface area (Å²) in [5.41, 5.74) is 1.00. The summed E-state index contributed by atoms with van der Waals surface area (Å²) in [5.74, 6) is 1.15. The summed E-state index contributed by atoms with van der Waals surface area (Å²) in [6.45, 7) is 2.25. The topological polar surface area (TPSA) is 41.4 Å². The number of hydrogen-bond acceptors (Lipinski definition) is 3. The lowest BCUT2D eigenvalue weighted by Crippen LogP contribution is -2.22. The molecule has 4 nitrogen and oxygen atoms in total. The van der Waals surface area contributed by atoms with Gasteiger partial charge in [-0.05, 0) is 44.5 Å². The summed E-state index contributed by atoms with van der Waals surface area (Å²) < 4.78 is 2.11. The van der Waals surface area contributed by atoms with E-state index in [1.807, 2.05) is 18.5 Å². The predicted octanol–water partition coefficient (Wildman–Crippen LogP) is 1.89. The monoisotopic (exact) mass is 230 g/mol. The zero-order chi connectivity index (χ0) is 11.5. The number of nitrogens with one attached hydrogen (secondary N) is 2. The molecule has 2 N–H and O–H groups in total. The van der Waals surface area contributed by atoms with Gasteiger partial charge >= 0.3 is 0 Å². The van der Waals surface area contributed by atoms with Crippen molar-refractivity contribution >= 4 is 11.5 Å². The van der Waals surface area contributed by atoms with Crippen LogP contribution in [0.1, 0.15) is 19.3 Å². The largest absolute Gasteiger partial charge is 0.368 e. The molecule has 3 heterocycles. The second-order valence-electron chi connectivity index (χ2n) is 4.59. The van der Waals surface area contributed by atoms with E-state index in [1.165, 1.54) is 19.3 Å². The van der Waals surface area contributed by atoms with Crippen molar-refractivity contribution in [2.45, 2.75) is 25.3 Å². The van der Waals surface area contributed by atoms with Gasteiger partial charge in [0.1, 0.15) is 11.5 Å². The molecular weight excluding hydrogens is 212 g/mol. The van der Waals surface area contributed by atoms with E-state index < -0.39 is 0 Å². The van der Waals surface area contributed by atoms with Crippen molar-refractivity contribution in [3.63, 3.8) is 0 Å². The number of anilines is 1. The number of rotatable bonds is 2. The minimum Gasteiger partial charge on any atom is -0.368 e. The summed E-state index contributed by atoms with van der Waals surface area (Å²) in [6, 6.07) is 6.77. The Hall–Kier alpha value is -1.55. The molecule has 0 amide bonds. The first-order valence-electron chi connectivity index (χ1n) is 6.33. The lowest BCUT2D eigenvalue weighted by molar-refractivity contribution is 0.634. The van der Waals surface area contributed by atoms with Gasteiger partial charge in [0.05, 0.1) is 0 Å². The van der Waals surface area contributed by atoms with Crippen molar-refractivity contribution in [1.82, 2.24) is 14.7 Å². The fourth-order valence-corrected chi connectivity index (χ4v) is 2.44. The first-order chi connectivity index (χ1) is 8.43. The predicted molar refractivity (Wildman–Crippen MR) is 69.3 cm³/mol. The first kappa shape index (κ1) is 10.6. The van der Waals surface area contributed by atoms with E-state index in [9.17, 15) is 0 Å². The highest BCUT2D eigenvalue weighted by Gasteiger charge is 2.12. The summed E-state index contributed by atoms with van der Waals surface area (Å²) in [6.07, 6.45) is 7.52. The maximum Gasteiger partial charge on any atom is 0.138 e. The van der Waals surface area contributed by atoms with Crippen LogP contribution in [0.25, 0.3) is 5.65 Å². The van der Waals surface area contributed by atoms with E-state index in [2.05, 4.69) is 32.2 Å². The molecule has 0 spiro atoms. The number of imidazole rings is 1. The fourth-order valence-electron chi connectivity index (χ4n) is 2.44. The molecular formula is C13H18N4. The van der Waals surface area contributed by atoms with Crippen molar-refractivity contribution < 1.29 is 0 Å². The van der Waals surface area contributed by atoms with Gasteiger partial charge in [0.15, 0.2) is 0 Å². The van der Waals surface area contributed by atoms with Gasteiger partial charge in [-0.1, -0.05) is 6.07 Å². The van der Waals surface area contributed by atoms with Crippen LogP contribution in [-0.2, 0) is 0 Å². The fraction of sp³-hybridized carbons (Fsp3) is 0.462. The Kier molecular flexibility index (Phi) is 2.96. The molecule has 2 aromatic heterocycles. The van der Waals surface area contributed by atoms with Crippen molar-refractivity contribution in [1.29, 1.82) is 0 Å². The van der Waals surface area contributed by atoms with Gasteiger partial charge in [0, 0.05) is 18.4 Å². The molecule has 0 aliphatic carbocycles. The van der Waals surface area contributed by atoms with Crippen LogP contribution in [0.15, 0.2) is 30.6 Å². The van der Waals surface area contributed by atoms with Crippen molar-refractivity contribution in [3.05, 3.63) is 30.6 Å². The molecule has 1 saturated heterocycles. The second kappa shape index (κ2) is 4.75. The highest BCUT2D eigenvalue weighted by Crippen LogP contribution is 2.16. The van der Waals surface area contributed by atoms with E-state index in [-0.39, 0.29) is 0 Å². The Labute approximate surface area is 101 Å². The average molecular weight is 230 g/mol. The third kappa shape index (κ3) is 2.26. The van der Waals surface area contributed by atoms with Crippen LogP contribution in [0.3, 0.4) is 0 Å². The van der Waals surface area contributed by atoms with E-state index >= 15 is 0 Å². The average Bonchev–Trinajstić information content (AvgIpc) is 2.69.